The van der Waals surface area contributed by atoms with Crippen molar-refractivity contribution in [3.8, 4) is 0 Å². The van der Waals surface area contributed by atoms with Gasteiger partial charge in [-0.2, -0.15) is 5.10 Å². The molecule has 172 valence electrons. The van der Waals surface area contributed by atoms with E-state index in [1.807, 2.05) is 6.08 Å². The van der Waals surface area contributed by atoms with Crippen molar-refractivity contribution < 1.29 is 27.2 Å². The van der Waals surface area contributed by atoms with Crippen LogP contribution >= 0.6 is 12.2 Å². The molecule has 0 spiro atoms. The monoisotopic (exact) mass is 488 g/mol. The molecule has 2 aromatic carbocycles. The number of nitrogens with one attached hydrogen (secondary N) is 1. The van der Waals surface area contributed by atoms with Crippen LogP contribution in [0, 0.1) is 26.1 Å². The number of nitrogens with zero attached hydrogens (tertiary/aromatic N) is 4. The second kappa shape index (κ2) is 9.61. The zero-order valence-corrected chi connectivity index (χ0v) is 19.1. The van der Waals surface area contributed by atoms with Crippen molar-refractivity contribution in [3.05, 3.63) is 85.5 Å². The molecule has 12 heteroatoms. The standard InChI is InChI=1S/C21H20N6O4S.ClH/c1-24-11-15(10-13-2-6-16(7-3-13)26(28)29)19-18(12-24)20(25(23-19)21(22)32)14-4-8-17(9-5-14)27(30)31;/h2-10,18,20H,11-12H2,1H3,(H2,22,32);1H. The lowest BCUT2D eigenvalue weighted by Gasteiger charge is -2.32. The van der Waals surface area contributed by atoms with Crippen LogP contribution in [0.15, 0.2) is 59.2 Å². The Balaban J connectivity index is 0.00000306. The minimum Gasteiger partial charge on any atom is -1.00 e. The lowest BCUT2D eigenvalue weighted by Crippen LogP contribution is -3.11. The SMILES string of the molecule is C[NH+]1CC(=Cc2ccc([N+](=O)[O-])cc2)C2=NN(C(N)=S)C(c3ccc([N+](=O)[O-])cc3)C2C1.[Cl-]. The molecule has 0 aliphatic carbocycles. The van der Waals surface area contributed by atoms with Gasteiger partial charge in [0.2, 0.25) is 0 Å². The van der Waals surface area contributed by atoms with E-state index in [1.54, 1.807) is 29.3 Å². The third-order valence-electron chi connectivity index (χ3n) is 5.72. The van der Waals surface area contributed by atoms with E-state index in [-0.39, 0.29) is 40.9 Å². The molecule has 4 rings (SSSR count). The maximum absolute atomic E-state index is 11.0. The molecule has 2 aromatic rings. The van der Waals surface area contributed by atoms with E-state index in [9.17, 15) is 20.2 Å². The maximum Gasteiger partial charge on any atom is 0.269 e. The van der Waals surface area contributed by atoms with Gasteiger partial charge in [-0.25, -0.2) is 5.01 Å². The summed E-state index contributed by atoms with van der Waals surface area (Å²) in [6.07, 6.45) is 1.98. The third kappa shape index (κ3) is 4.85. The van der Waals surface area contributed by atoms with Gasteiger partial charge in [0.25, 0.3) is 11.4 Å². The molecule has 0 aromatic heterocycles. The van der Waals surface area contributed by atoms with Gasteiger partial charge >= 0.3 is 0 Å². The molecule has 3 unspecified atom stereocenters. The number of hydrogen-bond donors (Lipinski definition) is 2. The Labute approximate surface area is 201 Å². The van der Waals surface area contributed by atoms with Gasteiger partial charge in [-0.1, -0.05) is 12.1 Å². The number of halogens is 1. The number of thiocarbonyl (C=S) groups is 1. The van der Waals surface area contributed by atoms with E-state index in [1.165, 1.54) is 29.2 Å². The number of benzene rings is 2. The minimum absolute atomic E-state index is 0. The van der Waals surface area contributed by atoms with Crippen LogP contribution in [0.1, 0.15) is 17.2 Å². The summed E-state index contributed by atoms with van der Waals surface area (Å²) in [5.41, 5.74) is 9.58. The highest BCUT2D eigenvalue weighted by atomic mass is 35.5. The molecular formula is C21H21ClN6O4S. The average molecular weight is 489 g/mol. The number of hydrogen-bond acceptors (Lipinski definition) is 6. The quantitative estimate of drug-likeness (QED) is 0.310. The molecule has 1 saturated heterocycles. The van der Waals surface area contributed by atoms with Crippen molar-refractivity contribution in [2.75, 3.05) is 20.1 Å². The number of likely N-dealkylation sites (tertiary alicyclic amines) is 1. The van der Waals surface area contributed by atoms with E-state index in [2.05, 4.69) is 7.05 Å². The number of quaternary nitrogens is 1. The Morgan fingerprint density at radius 3 is 2.18 bits per heavy atom. The number of rotatable bonds is 4. The lowest BCUT2D eigenvalue weighted by molar-refractivity contribution is -0.878. The number of likely N-dealkylation sites (N-methyl/N-ethyl adjacent to an activating group) is 1. The molecule has 33 heavy (non-hydrogen) atoms. The first-order chi connectivity index (χ1) is 15.2. The van der Waals surface area contributed by atoms with Crippen molar-refractivity contribution in [2.24, 2.45) is 16.8 Å². The molecule has 10 nitrogen and oxygen atoms in total. The number of non-ortho nitro benzene ring substituents is 2. The van der Waals surface area contributed by atoms with Gasteiger partial charge in [-0.05, 0) is 41.6 Å². The number of fused-ring (bicyclic) bond motifs is 1. The fourth-order valence-corrected chi connectivity index (χ4v) is 4.47. The Morgan fingerprint density at radius 2 is 1.67 bits per heavy atom. The van der Waals surface area contributed by atoms with Crippen molar-refractivity contribution in [1.29, 1.82) is 0 Å². The highest BCUT2D eigenvalue weighted by Crippen LogP contribution is 2.38. The smallest absolute Gasteiger partial charge is 0.269 e. The van der Waals surface area contributed by atoms with Crippen LogP contribution in [0.2, 0.25) is 0 Å². The van der Waals surface area contributed by atoms with Crippen LogP contribution in [-0.2, 0) is 0 Å². The number of hydrazone groups is 1. The summed E-state index contributed by atoms with van der Waals surface area (Å²) in [5.74, 6) is -0.0176. The van der Waals surface area contributed by atoms with E-state index < -0.39 is 9.85 Å². The summed E-state index contributed by atoms with van der Waals surface area (Å²) in [6.45, 7) is 1.52. The summed E-state index contributed by atoms with van der Waals surface area (Å²) in [6, 6.07) is 12.5. The fraction of sp³-hybridized carbons (Fsp3) is 0.238. The molecule has 2 heterocycles. The van der Waals surface area contributed by atoms with Crippen molar-refractivity contribution in [2.45, 2.75) is 6.04 Å². The van der Waals surface area contributed by atoms with Gasteiger partial charge in [-0.15, -0.1) is 0 Å². The van der Waals surface area contributed by atoms with Crippen LogP contribution in [0.25, 0.3) is 6.08 Å². The van der Waals surface area contributed by atoms with Crippen LogP contribution < -0.4 is 23.0 Å². The van der Waals surface area contributed by atoms with Crippen LogP contribution in [-0.4, -0.2) is 45.8 Å². The van der Waals surface area contributed by atoms with Gasteiger partial charge in [0, 0.05) is 29.8 Å². The molecule has 0 amide bonds. The summed E-state index contributed by atoms with van der Waals surface area (Å²) in [4.78, 5) is 22.4. The van der Waals surface area contributed by atoms with Crippen LogP contribution in [0.3, 0.4) is 0 Å². The Bertz CT molecular complexity index is 1150. The van der Waals surface area contributed by atoms with Gasteiger partial charge in [-0.3, -0.25) is 20.2 Å². The Morgan fingerprint density at radius 1 is 1.12 bits per heavy atom. The summed E-state index contributed by atoms with van der Waals surface area (Å²) in [5, 5.41) is 28.4. The number of piperidine rings is 1. The van der Waals surface area contributed by atoms with E-state index in [0.29, 0.717) is 0 Å². The van der Waals surface area contributed by atoms with Crippen LogP contribution in [0.4, 0.5) is 11.4 Å². The number of nitro benzene ring substituents is 2. The highest BCUT2D eigenvalue weighted by molar-refractivity contribution is 7.80. The Hall–Kier alpha value is -3.41. The van der Waals surface area contributed by atoms with Gasteiger partial charge in [0.05, 0.1) is 41.1 Å². The normalized spacial score (nSPS) is 22.8. The summed E-state index contributed by atoms with van der Waals surface area (Å²) in [7, 11) is 2.08. The van der Waals surface area contributed by atoms with Gasteiger partial charge in [0.1, 0.15) is 6.54 Å². The predicted molar refractivity (Wildman–Crippen MR) is 123 cm³/mol. The van der Waals surface area contributed by atoms with Gasteiger partial charge < -0.3 is 23.0 Å². The number of nitro groups is 2. The third-order valence-corrected chi connectivity index (χ3v) is 5.90. The van der Waals surface area contributed by atoms with E-state index >= 15 is 0 Å². The molecule has 1 fully saturated rings. The van der Waals surface area contributed by atoms with Crippen molar-refractivity contribution >= 4 is 40.5 Å². The predicted octanol–water partition coefficient (Wildman–Crippen LogP) is -1.31. The molecular weight excluding hydrogens is 468 g/mol. The zero-order chi connectivity index (χ0) is 23.0. The molecule has 0 bridgehead atoms. The molecule has 3 atom stereocenters. The van der Waals surface area contributed by atoms with Crippen molar-refractivity contribution in [1.82, 2.24) is 5.01 Å². The second-order valence-corrected chi connectivity index (χ2v) is 8.34. The fourth-order valence-electron chi connectivity index (χ4n) is 4.32. The largest absolute Gasteiger partial charge is 1.00 e. The first-order valence-corrected chi connectivity index (χ1v) is 10.3. The Kier molecular flexibility index (Phi) is 7.06. The first-order valence-electron chi connectivity index (χ1n) is 9.93. The maximum atomic E-state index is 11.0. The first kappa shape index (κ1) is 24.2. The van der Waals surface area contributed by atoms with E-state index in [0.717, 1.165) is 35.5 Å². The summed E-state index contributed by atoms with van der Waals surface area (Å²) >= 11 is 5.26. The van der Waals surface area contributed by atoms with Gasteiger partial charge in [0.15, 0.2) is 5.11 Å². The topological polar surface area (TPSA) is 132 Å². The molecule has 0 radical (unpaired) electrons. The van der Waals surface area contributed by atoms with Crippen molar-refractivity contribution in [3.63, 3.8) is 0 Å². The molecule has 2 aliphatic rings. The molecule has 0 saturated carbocycles. The second-order valence-electron chi connectivity index (χ2n) is 7.92. The minimum atomic E-state index is -0.435. The molecule has 3 N–H and O–H groups in total. The highest BCUT2D eigenvalue weighted by Gasteiger charge is 2.45. The molecule has 2 aliphatic heterocycles. The lowest BCUT2D eigenvalue weighted by atomic mass is 9.83. The van der Waals surface area contributed by atoms with Crippen LogP contribution in [0.5, 0.6) is 0 Å². The van der Waals surface area contributed by atoms with E-state index in [4.69, 9.17) is 23.1 Å². The number of nitrogens with two attached hydrogens (primary N) is 1. The zero-order valence-electron chi connectivity index (χ0n) is 17.6. The average Bonchev–Trinajstić information content (AvgIpc) is 3.14. The summed E-state index contributed by atoms with van der Waals surface area (Å²) < 4.78 is 0.